The number of rotatable bonds is 2. The highest BCUT2D eigenvalue weighted by molar-refractivity contribution is 6.04. The van der Waals surface area contributed by atoms with Gasteiger partial charge in [-0.3, -0.25) is 4.79 Å². The van der Waals surface area contributed by atoms with Gasteiger partial charge in [0.1, 0.15) is 0 Å². The lowest BCUT2D eigenvalue weighted by atomic mass is 9.94. The summed E-state index contributed by atoms with van der Waals surface area (Å²) in [6.45, 7) is 3.73. The van der Waals surface area contributed by atoms with Crippen LogP contribution in [0, 0.1) is 6.92 Å². The van der Waals surface area contributed by atoms with E-state index in [1.54, 1.807) is 12.1 Å². The van der Waals surface area contributed by atoms with E-state index in [1.165, 1.54) is 0 Å². The molecule has 1 aliphatic heterocycles. The number of hydrogen-bond donors (Lipinski definition) is 2. The summed E-state index contributed by atoms with van der Waals surface area (Å²) in [7, 11) is 0. The molecule has 0 radical (unpaired) electrons. The number of aryl methyl sites for hydroxylation is 1. The van der Waals surface area contributed by atoms with Gasteiger partial charge in [-0.15, -0.1) is 0 Å². The van der Waals surface area contributed by atoms with Gasteiger partial charge in [-0.25, -0.2) is 4.79 Å². The molecule has 16 heavy (non-hydrogen) atoms. The Labute approximate surface area is 93.3 Å². The lowest BCUT2D eigenvalue weighted by molar-refractivity contribution is -0.117. The van der Waals surface area contributed by atoms with Crippen molar-refractivity contribution in [1.29, 1.82) is 0 Å². The number of anilines is 1. The third-order valence-electron chi connectivity index (χ3n) is 2.96. The highest BCUT2D eigenvalue weighted by atomic mass is 16.4. The summed E-state index contributed by atoms with van der Waals surface area (Å²) >= 11 is 0. The summed E-state index contributed by atoms with van der Waals surface area (Å²) in [6.07, 6.45) is 0.682. The van der Waals surface area contributed by atoms with Crippen LogP contribution in [0.5, 0.6) is 0 Å². The summed E-state index contributed by atoms with van der Waals surface area (Å²) < 4.78 is 0. The van der Waals surface area contributed by atoms with Gasteiger partial charge in [0.05, 0.1) is 11.5 Å². The average Bonchev–Trinajstić information content (AvgIpc) is 2.54. The van der Waals surface area contributed by atoms with E-state index < -0.39 is 5.97 Å². The number of hydrogen-bond acceptors (Lipinski definition) is 2. The Morgan fingerprint density at radius 2 is 2.19 bits per heavy atom. The summed E-state index contributed by atoms with van der Waals surface area (Å²) in [4.78, 5) is 22.6. The first-order valence-corrected chi connectivity index (χ1v) is 5.23. The van der Waals surface area contributed by atoms with Crippen molar-refractivity contribution in [2.45, 2.75) is 26.2 Å². The normalized spacial score (nSPS) is 18.1. The predicted octanol–water partition coefficient (Wildman–Crippen LogP) is 2.14. The Balaban J connectivity index is 2.59. The molecule has 1 aromatic carbocycles. The van der Waals surface area contributed by atoms with E-state index in [-0.39, 0.29) is 17.4 Å². The SMILES string of the molecule is CCC1C(=O)Nc2c(C)cc(C(=O)O)cc21. The Hall–Kier alpha value is -1.84. The van der Waals surface area contributed by atoms with E-state index >= 15 is 0 Å². The third kappa shape index (κ3) is 1.46. The van der Waals surface area contributed by atoms with Crippen molar-refractivity contribution >= 4 is 17.6 Å². The fraction of sp³-hybridized carbons (Fsp3) is 0.333. The van der Waals surface area contributed by atoms with Crippen LogP contribution in [0.25, 0.3) is 0 Å². The monoisotopic (exact) mass is 219 g/mol. The van der Waals surface area contributed by atoms with Crippen LogP contribution in [0.2, 0.25) is 0 Å². The molecule has 0 bridgehead atoms. The Morgan fingerprint density at radius 3 is 2.75 bits per heavy atom. The van der Waals surface area contributed by atoms with Crippen molar-refractivity contribution in [3.63, 3.8) is 0 Å². The van der Waals surface area contributed by atoms with Gasteiger partial charge in [-0.1, -0.05) is 6.92 Å². The quantitative estimate of drug-likeness (QED) is 0.800. The van der Waals surface area contributed by atoms with Crippen molar-refractivity contribution in [3.05, 3.63) is 28.8 Å². The molecule has 0 aromatic heterocycles. The molecule has 1 amide bonds. The molecule has 1 aliphatic rings. The molecule has 0 saturated carbocycles. The molecule has 0 aliphatic carbocycles. The fourth-order valence-electron chi connectivity index (χ4n) is 2.14. The van der Waals surface area contributed by atoms with Crippen LogP contribution in [0.15, 0.2) is 12.1 Å². The number of fused-ring (bicyclic) bond motifs is 1. The number of carboxylic acid groups (broad SMARTS) is 1. The van der Waals surface area contributed by atoms with E-state index in [9.17, 15) is 9.59 Å². The zero-order valence-electron chi connectivity index (χ0n) is 9.20. The van der Waals surface area contributed by atoms with Crippen molar-refractivity contribution in [1.82, 2.24) is 0 Å². The molecular formula is C12H13NO3. The number of aromatic carboxylic acids is 1. The first-order chi connectivity index (χ1) is 7.54. The van der Waals surface area contributed by atoms with Gasteiger partial charge in [0.15, 0.2) is 0 Å². The number of carboxylic acids is 1. The molecule has 0 saturated heterocycles. The van der Waals surface area contributed by atoms with Crippen LogP contribution >= 0.6 is 0 Å². The predicted molar refractivity (Wildman–Crippen MR) is 59.8 cm³/mol. The molecule has 0 fully saturated rings. The Bertz CT molecular complexity index is 479. The maximum Gasteiger partial charge on any atom is 0.335 e. The standard InChI is InChI=1S/C12H13NO3/c1-3-8-9-5-7(12(15)16)4-6(2)10(9)13-11(8)14/h4-5,8H,3H2,1-2H3,(H,13,14)(H,15,16). The van der Waals surface area contributed by atoms with Gasteiger partial charge in [-0.05, 0) is 36.6 Å². The smallest absolute Gasteiger partial charge is 0.335 e. The molecule has 1 aromatic rings. The molecular weight excluding hydrogens is 206 g/mol. The lowest BCUT2D eigenvalue weighted by Gasteiger charge is -2.07. The van der Waals surface area contributed by atoms with Crippen molar-refractivity contribution in [3.8, 4) is 0 Å². The van der Waals surface area contributed by atoms with Gasteiger partial charge in [0, 0.05) is 5.69 Å². The minimum Gasteiger partial charge on any atom is -0.478 e. The van der Waals surface area contributed by atoms with E-state index in [1.807, 2.05) is 13.8 Å². The number of amides is 1. The van der Waals surface area contributed by atoms with E-state index in [0.717, 1.165) is 16.8 Å². The summed E-state index contributed by atoms with van der Waals surface area (Å²) in [6, 6.07) is 3.18. The van der Waals surface area contributed by atoms with Crippen LogP contribution in [0.3, 0.4) is 0 Å². The average molecular weight is 219 g/mol. The van der Waals surface area contributed by atoms with Crippen molar-refractivity contribution in [2.24, 2.45) is 0 Å². The molecule has 1 atom stereocenters. The van der Waals surface area contributed by atoms with Crippen molar-refractivity contribution in [2.75, 3.05) is 5.32 Å². The molecule has 4 heteroatoms. The second-order valence-corrected chi connectivity index (χ2v) is 4.01. The molecule has 0 spiro atoms. The van der Waals surface area contributed by atoms with Crippen LogP contribution in [0.4, 0.5) is 5.69 Å². The van der Waals surface area contributed by atoms with Gasteiger partial charge in [0.25, 0.3) is 0 Å². The zero-order chi connectivity index (χ0) is 11.9. The minimum absolute atomic E-state index is 0.0388. The highest BCUT2D eigenvalue weighted by Crippen LogP contribution is 2.37. The maximum atomic E-state index is 11.6. The number of benzene rings is 1. The van der Waals surface area contributed by atoms with Gasteiger partial charge >= 0.3 is 5.97 Å². The Morgan fingerprint density at radius 1 is 1.50 bits per heavy atom. The molecule has 2 N–H and O–H groups in total. The number of carbonyl (C=O) groups excluding carboxylic acids is 1. The maximum absolute atomic E-state index is 11.6. The third-order valence-corrected chi connectivity index (χ3v) is 2.96. The largest absolute Gasteiger partial charge is 0.478 e. The van der Waals surface area contributed by atoms with E-state index in [0.29, 0.717) is 6.42 Å². The molecule has 1 heterocycles. The van der Waals surface area contributed by atoms with Gasteiger partial charge in [0.2, 0.25) is 5.91 Å². The summed E-state index contributed by atoms with van der Waals surface area (Å²) in [5.74, 6) is -1.21. The lowest BCUT2D eigenvalue weighted by Crippen LogP contribution is -2.10. The van der Waals surface area contributed by atoms with Gasteiger partial charge in [-0.2, -0.15) is 0 Å². The number of carbonyl (C=O) groups is 2. The summed E-state index contributed by atoms with van der Waals surface area (Å²) in [5, 5.41) is 11.8. The van der Waals surface area contributed by atoms with Gasteiger partial charge < -0.3 is 10.4 Å². The molecule has 84 valence electrons. The first kappa shape index (κ1) is 10.7. The van der Waals surface area contributed by atoms with E-state index in [4.69, 9.17) is 5.11 Å². The topological polar surface area (TPSA) is 66.4 Å². The van der Waals surface area contributed by atoms with Crippen LogP contribution in [-0.4, -0.2) is 17.0 Å². The number of nitrogens with one attached hydrogen (secondary N) is 1. The molecule has 2 rings (SSSR count). The molecule has 1 unspecified atom stereocenters. The fourth-order valence-corrected chi connectivity index (χ4v) is 2.14. The van der Waals surface area contributed by atoms with Crippen LogP contribution < -0.4 is 5.32 Å². The summed E-state index contributed by atoms with van der Waals surface area (Å²) in [5.41, 5.74) is 2.64. The second kappa shape index (κ2) is 3.63. The first-order valence-electron chi connectivity index (χ1n) is 5.23. The zero-order valence-corrected chi connectivity index (χ0v) is 9.20. The van der Waals surface area contributed by atoms with E-state index in [2.05, 4.69) is 5.32 Å². The van der Waals surface area contributed by atoms with Crippen molar-refractivity contribution < 1.29 is 14.7 Å². The highest BCUT2D eigenvalue weighted by Gasteiger charge is 2.30. The minimum atomic E-state index is -0.958. The molecule has 4 nitrogen and oxygen atoms in total. The Kier molecular flexibility index (Phi) is 2.42. The second-order valence-electron chi connectivity index (χ2n) is 4.01. The van der Waals surface area contributed by atoms with Crippen LogP contribution in [-0.2, 0) is 4.79 Å². The van der Waals surface area contributed by atoms with Crippen LogP contribution in [0.1, 0.15) is 40.7 Å².